The van der Waals surface area contributed by atoms with Crippen molar-refractivity contribution in [3.8, 4) is 0 Å². The Labute approximate surface area is 119 Å². The van der Waals surface area contributed by atoms with E-state index >= 15 is 0 Å². The van der Waals surface area contributed by atoms with E-state index in [1.807, 2.05) is 12.1 Å². The standard InChI is InChI=1S/C15H20ClNO2/c16-10-12-5-4-6-13(9-12)14(18)17-11-15(19)7-2-1-3-8-15/h4-6,9,19H,1-3,7-8,10-11H2,(H,17,18). The van der Waals surface area contributed by atoms with E-state index in [-0.39, 0.29) is 5.91 Å². The molecule has 1 aromatic carbocycles. The minimum atomic E-state index is -0.724. The van der Waals surface area contributed by atoms with E-state index in [1.54, 1.807) is 12.1 Å². The summed E-state index contributed by atoms with van der Waals surface area (Å²) in [4.78, 5) is 12.0. The summed E-state index contributed by atoms with van der Waals surface area (Å²) in [6, 6.07) is 7.25. The molecule has 0 bridgehead atoms. The van der Waals surface area contributed by atoms with Gasteiger partial charge in [0, 0.05) is 18.0 Å². The van der Waals surface area contributed by atoms with Crippen LogP contribution in [0.2, 0.25) is 0 Å². The first-order valence-electron chi connectivity index (χ1n) is 6.78. The summed E-state index contributed by atoms with van der Waals surface area (Å²) in [6.45, 7) is 0.330. The molecular weight excluding hydrogens is 262 g/mol. The Kier molecular flexibility index (Phi) is 4.83. The van der Waals surface area contributed by atoms with Crippen LogP contribution in [0.1, 0.15) is 48.0 Å². The van der Waals surface area contributed by atoms with Gasteiger partial charge in [0.15, 0.2) is 0 Å². The van der Waals surface area contributed by atoms with Gasteiger partial charge in [0.2, 0.25) is 0 Å². The van der Waals surface area contributed by atoms with Crippen molar-refractivity contribution in [3.05, 3.63) is 35.4 Å². The molecule has 1 aliphatic rings. The van der Waals surface area contributed by atoms with Gasteiger partial charge in [-0.25, -0.2) is 0 Å². The number of benzene rings is 1. The van der Waals surface area contributed by atoms with Crippen molar-refractivity contribution >= 4 is 17.5 Å². The molecule has 19 heavy (non-hydrogen) atoms. The van der Waals surface area contributed by atoms with Crippen LogP contribution in [0.5, 0.6) is 0 Å². The largest absolute Gasteiger partial charge is 0.388 e. The van der Waals surface area contributed by atoms with Gasteiger partial charge in [0.05, 0.1) is 5.60 Å². The van der Waals surface area contributed by atoms with E-state index in [0.717, 1.165) is 31.2 Å². The normalized spacial score (nSPS) is 18.0. The van der Waals surface area contributed by atoms with Gasteiger partial charge in [-0.15, -0.1) is 11.6 Å². The minimum Gasteiger partial charge on any atom is -0.388 e. The lowest BCUT2D eigenvalue weighted by atomic mass is 9.85. The Balaban J connectivity index is 1.93. The number of hydrogen-bond acceptors (Lipinski definition) is 2. The Morgan fingerprint density at radius 1 is 1.32 bits per heavy atom. The Morgan fingerprint density at radius 2 is 2.05 bits per heavy atom. The summed E-state index contributed by atoms with van der Waals surface area (Å²) in [5, 5.41) is 13.2. The predicted octanol–water partition coefficient (Wildman–Crippen LogP) is 2.85. The van der Waals surface area contributed by atoms with Crippen LogP contribution in [0, 0.1) is 0 Å². The molecule has 0 aliphatic heterocycles. The van der Waals surface area contributed by atoms with Crippen LogP contribution in [0.15, 0.2) is 24.3 Å². The molecule has 1 amide bonds. The molecule has 2 rings (SSSR count). The van der Waals surface area contributed by atoms with E-state index in [0.29, 0.717) is 18.0 Å². The summed E-state index contributed by atoms with van der Waals surface area (Å²) in [5.74, 6) is 0.247. The molecule has 0 aromatic heterocycles. The van der Waals surface area contributed by atoms with Crippen molar-refractivity contribution < 1.29 is 9.90 Å². The van der Waals surface area contributed by atoms with Gasteiger partial charge in [-0.05, 0) is 30.5 Å². The summed E-state index contributed by atoms with van der Waals surface area (Å²) in [7, 11) is 0. The number of carbonyl (C=O) groups is 1. The second-order valence-corrected chi connectivity index (χ2v) is 5.57. The molecule has 0 unspecified atom stereocenters. The molecule has 1 aliphatic carbocycles. The lowest BCUT2D eigenvalue weighted by molar-refractivity contribution is 0.00526. The fourth-order valence-electron chi connectivity index (χ4n) is 2.53. The highest BCUT2D eigenvalue weighted by Crippen LogP contribution is 2.27. The lowest BCUT2D eigenvalue weighted by Crippen LogP contribution is -2.44. The van der Waals surface area contributed by atoms with Crippen LogP contribution >= 0.6 is 11.6 Å². The number of nitrogens with one attached hydrogen (secondary N) is 1. The average molecular weight is 282 g/mol. The first-order chi connectivity index (χ1) is 9.13. The highest BCUT2D eigenvalue weighted by molar-refractivity contribution is 6.17. The van der Waals surface area contributed by atoms with Gasteiger partial charge >= 0.3 is 0 Å². The molecule has 2 N–H and O–H groups in total. The van der Waals surface area contributed by atoms with E-state index < -0.39 is 5.60 Å². The van der Waals surface area contributed by atoms with Gasteiger partial charge in [0.25, 0.3) is 5.91 Å². The summed E-state index contributed by atoms with van der Waals surface area (Å²) < 4.78 is 0. The maximum atomic E-state index is 12.0. The van der Waals surface area contributed by atoms with Gasteiger partial charge in [-0.3, -0.25) is 4.79 Å². The van der Waals surface area contributed by atoms with E-state index in [2.05, 4.69) is 5.32 Å². The summed E-state index contributed by atoms with van der Waals surface area (Å²) >= 11 is 5.75. The zero-order chi connectivity index (χ0) is 13.7. The number of amides is 1. The zero-order valence-corrected chi connectivity index (χ0v) is 11.7. The lowest BCUT2D eigenvalue weighted by Gasteiger charge is -2.32. The smallest absolute Gasteiger partial charge is 0.251 e. The van der Waals surface area contributed by atoms with Crippen LogP contribution in [0.25, 0.3) is 0 Å². The number of rotatable bonds is 4. The number of carbonyl (C=O) groups excluding carboxylic acids is 1. The third-order valence-corrected chi connectivity index (χ3v) is 4.01. The average Bonchev–Trinajstić information content (AvgIpc) is 2.46. The van der Waals surface area contributed by atoms with Gasteiger partial charge in [-0.2, -0.15) is 0 Å². The number of hydrogen-bond donors (Lipinski definition) is 2. The van der Waals surface area contributed by atoms with E-state index in [1.165, 1.54) is 6.42 Å². The second kappa shape index (κ2) is 6.40. The monoisotopic (exact) mass is 281 g/mol. The molecule has 0 atom stereocenters. The van der Waals surface area contributed by atoms with Gasteiger partial charge < -0.3 is 10.4 Å². The van der Waals surface area contributed by atoms with Crippen molar-refractivity contribution in [1.82, 2.24) is 5.32 Å². The number of aliphatic hydroxyl groups is 1. The van der Waals surface area contributed by atoms with Crippen LogP contribution < -0.4 is 5.32 Å². The first kappa shape index (κ1) is 14.4. The number of halogens is 1. The zero-order valence-electron chi connectivity index (χ0n) is 11.0. The molecule has 1 saturated carbocycles. The van der Waals surface area contributed by atoms with Crippen molar-refractivity contribution in [2.24, 2.45) is 0 Å². The third-order valence-electron chi connectivity index (χ3n) is 3.71. The molecule has 0 radical (unpaired) electrons. The van der Waals surface area contributed by atoms with Crippen LogP contribution in [-0.2, 0) is 5.88 Å². The van der Waals surface area contributed by atoms with E-state index in [4.69, 9.17) is 11.6 Å². The topological polar surface area (TPSA) is 49.3 Å². The SMILES string of the molecule is O=C(NCC1(O)CCCCC1)c1cccc(CCl)c1. The van der Waals surface area contributed by atoms with Crippen LogP contribution in [0.4, 0.5) is 0 Å². The third kappa shape index (κ3) is 3.95. The highest BCUT2D eigenvalue weighted by atomic mass is 35.5. The molecule has 104 valence electrons. The van der Waals surface area contributed by atoms with Crippen molar-refractivity contribution in [2.45, 2.75) is 43.6 Å². The molecule has 0 heterocycles. The van der Waals surface area contributed by atoms with E-state index in [9.17, 15) is 9.90 Å². The molecule has 0 spiro atoms. The minimum absolute atomic E-state index is 0.147. The predicted molar refractivity (Wildman–Crippen MR) is 76.4 cm³/mol. The van der Waals surface area contributed by atoms with Crippen LogP contribution in [0.3, 0.4) is 0 Å². The quantitative estimate of drug-likeness (QED) is 0.834. The van der Waals surface area contributed by atoms with Crippen LogP contribution in [-0.4, -0.2) is 23.2 Å². The van der Waals surface area contributed by atoms with Gasteiger partial charge in [-0.1, -0.05) is 31.4 Å². The molecular formula is C15H20ClNO2. The fourth-order valence-corrected chi connectivity index (χ4v) is 2.70. The highest BCUT2D eigenvalue weighted by Gasteiger charge is 2.29. The Morgan fingerprint density at radius 3 is 2.74 bits per heavy atom. The Hall–Kier alpha value is -1.06. The molecule has 1 fully saturated rings. The summed E-state index contributed by atoms with van der Waals surface area (Å²) in [6.07, 6.45) is 4.79. The fraction of sp³-hybridized carbons (Fsp3) is 0.533. The van der Waals surface area contributed by atoms with Gasteiger partial charge in [0.1, 0.15) is 0 Å². The Bertz CT molecular complexity index is 442. The molecule has 0 saturated heterocycles. The summed E-state index contributed by atoms with van der Waals surface area (Å²) in [5.41, 5.74) is 0.793. The van der Waals surface area contributed by atoms with Crippen molar-refractivity contribution in [1.29, 1.82) is 0 Å². The molecule has 3 nitrogen and oxygen atoms in total. The maximum Gasteiger partial charge on any atom is 0.251 e. The second-order valence-electron chi connectivity index (χ2n) is 5.30. The molecule has 4 heteroatoms. The number of alkyl halides is 1. The maximum absolute atomic E-state index is 12.0. The molecule has 1 aromatic rings. The first-order valence-corrected chi connectivity index (χ1v) is 7.32. The van der Waals surface area contributed by atoms with Crippen molar-refractivity contribution in [2.75, 3.05) is 6.54 Å². The van der Waals surface area contributed by atoms with Crippen molar-refractivity contribution in [3.63, 3.8) is 0 Å².